The molecule has 0 amide bonds. The lowest BCUT2D eigenvalue weighted by molar-refractivity contribution is 0.0923. The maximum Gasteiger partial charge on any atom is 0.0895 e. The first-order valence-electron chi connectivity index (χ1n) is 4.92. The van der Waals surface area contributed by atoms with Gasteiger partial charge in [0, 0.05) is 17.1 Å². The number of rotatable bonds is 5. The molecule has 0 bridgehead atoms. The molecule has 0 fully saturated rings. The fourth-order valence-corrected chi connectivity index (χ4v) is 1.94. The standard InChI is InChI=1S/C11H16BrNO2/c1-8(13-6-9(15)7-14)10-4-2-3-5-11(10)12/h2-5,8-9,13-15H,6-7H2,1H3/t8-,9?/m1/s1. The molecule has 0 aliphatic rings. The van der Waals surface area contributed by atoms with Crippen LogP contribution in [0.4, 0.5) is 0 Å². The van der Waals surface area contributed by atoms with Gasteiger partial charge in [-0.15, -0.1) is 0 Å². The van der Waals surface area contributed by atoms with E-state index in [-0.39, 0.29) is 12.6 Å². The fraction of sp³-hybridized carbons (Fsp3) is 0.455. The second kappa shape index (κ2) is 6.23. The van der Waals surface area contributed by atoms with E-state index < -0.39 is 6.10 Å². The van der Waals surface area contributed by atoms with Crippen molar-refractivity contribution >= 4 is 15.9 Å². The van der Waals surface area contributed by atoms with Crippen LogP contribution in [0.25, 0.3) is 0 Å². The molecule has 3 N–H and O–H groups in total. The van der Waals surface area contributed by atoms with E-state index in [9.17, 15) is 5.11 Å². The van der Waals surface area contributed by atoms with Gasteiger partial charge >= 0.3 is 0 Å². The Bertz CT molecular complexity index is 306. The Labute approximate surface area is 98.3 Å². The summed E-state index contributed by atoms with van der Waals surface area (Å²) < 4.78 is 1.04. The van der Waals surface area contributed by atoms with Crippen LogP contribution in [0.15, 0.2) is 28.7 Å². The van der Waals surface area contributed by atoms with Gasteiger partial charge in [-0.25, -0.2) is 0 Å². The molecule has 0 aromatic heterocycles. The number of hydrogen-bond donors (Lipinski definition) is 3. The molecule has 0 saturated heterocycles. The zero-order chi connectivity index (χ0) is 11.3. The second-order valence-electron chi connectivity index (χ2n) is 3.49. The largest absolute Gasteiger partial charge is 0.394 e. The zero-order valence-electron chi connectivity index (χ0n) is 8.65. The third-order valence-corrected chi connectivity index (χ3v) is 2.96. The smallest absolute Gasteiger partial charge is 0.0895 e. The van der Waals surface area contributed by atoms with Gasteiger partial charge in [0.05, 0.1) is 12.7 Å². The first kappa shape index (κ1) is 12.6. The van der Waals surface area contributed by atoms with Gasteiger partial charge in [0.25, 0.3) is 0 Å². The Hall–Kier alpha value is -0.420. The minimum Gasteiger partial charge on any atom is -0.394 e. The van der Waals surface area contributed by atoms with Crippen molar-refractivity contribution in [3.8, 4) is 0 Å². The molecule has 0 radical (unpaired) electrons. The predicted molar refractivity (Wildman–Crippen MR) is 63.7 cm³/mol. The van der Waals surface area contributed by atoms with Crippen molar-refractivity contribution < 1.29 is 10.2 Å². The van der Waals surface area contributed by atoms with Crippen LogP contribution in [-0.4, -0.2) is 29.5 Å². The summed E-state index contributed by atoms with van der Waals surface area (Å²) in [6, 6.07) is 8.08. The monoisotopic (exact) mass is 273 g/mol. The lowest BCUT2D eigenvalue weighted by Gasteiger charge is -2.17. The van der Waals surface area contributed by atoms with E-state index in [1.165, 1.54) is 0 Å². The molecule has 0 spiro atoms. The summed E-state index contributed by atoms with van der Waals surface area (Å²) in [6.45, 7) is 2.19. The first-order valence-corrected chi connectivity index (χ1v) is 5.71. The highest BCUT2D eigenvalue weighted by Gasteiger charge is 2.09. The third-order valence-electron chi connectivity index (χ3n) is 2.24. The Kier molecular flexibility index (Phi) is 5.25. The molecular weight excluding hydrogens is 258 g/mol. The molecule has 1 rings (SSSR count). The van der Waals surface area contributed by atoms with Crippen molar-refractivity contribution in [2.75, 3.05) is 13.2 Å². The van der Waals surface area contributed by atoms with Crippen LogP contribution in [0.1, 0.15) is 18.5 Å². The average Bonchev–Trinajstić information content (AvgIpc) is 2.26. The average molecular weight is 274 g/mol. The lowest BCUT2D eigenvalue weighted by atomic mass is 10.1. The number of halogens is 1. The summed E-state index contributed by atoms with van der Waals surface area (Å²) in [5.74, 6) is 0. The minimum absolute atomic E-state index is 0.141. The minimum atomic E-state index is -0.699. The summed E-state index contributed by atoms with van der Waals surface area (Å²) in [4.78, 5) is 0. The van der Waals surface area contributed by atoms with Crippen LogP contribution in [-0.2, 0) is 0 Å². The lowest BCUT2D eigenvalue weighted by Crippen LogP contribution is -2.31. The fourth-order valence-electron chi connectivity index (χ4n) is 1.31. The van der Waals surface area contributed by atoms with E-state index in [1.54, 1.807) is 0 Å². The van der Waals surface area contributed by atoms with Crippen molar-refractivity contribution in [3.63, 3.8) is 0 Å². The van der Waals surface area contributed by atoms with Gasteiger partial charge in [-0.05, 0) is 18.6 Å². The maximum absolute atomic E-state index is 9.20. The van der Waals surface area contributed by atoms with Gasteiger partial charge in [-0.2, -0.15) is 0 Å². The summed E-state index contributed by atoms with van der Waals surface area (Å²) in [5, 5.41) is 21.0. The SMILES string of the molecule is C[C@@H](NCC(O)CO)c1ccccc1Br. The van der Waals surface area contributed by atoms with Crippen molar-refractivity contribution in [2.24, 2.45) is 0 Å². The molecule has 84 valence electrons. The Morgan fingerprint density at radius 3 is 2.67 bits per heavy atom. The van der Waals surface area contributed by atoms with Gasteiger partial charge in [0.1, 0.15) is 0 Å². The summed E-state index contributed by atoms with van der Waals surface area (Å²) in [7, 11) is 0. The maximum atomic E-state index is 9.20. The summed E-state index contributed by atoms with van der Waals surface area (Å²) in [5.41, 5.74) is 1.14. The highest BCUT2D eigenvalue weighted by atomic mass is 79.9. The second-order valence-corrected chi connectivity index (χ2v) is 4.34. The van der Waals surface area contributed by atoms with Crippen molar-refractivity contribution in [3.05, 3.63) is 34.3 Å². The molecule has 0 saturated carbocycles. The van der Waals surface area contributed by atoms with Crippen LogP contribution in [0.3, 0.4) is 0 Å². The van der Waals surface area contributed by atoms with E-state index in [1.807, 2.05) is 31.2 Å². The van der Waals surface area contributed by atoms with E-state index in [0.29, 0.717) is 6.54 Å². The van der Waals surface area contributed by atoms with E-state index in [2.05, 4.69) is 21.2 Å². The summed E-state index contributed by atoms with van der Waals surface area (Å²) in [6.07, 6.45) is -0.699. The number of benzene rings is 1. The van der Waals surface area contributed by atoms with Gasteiger partial charge in [-0.1, -0.05) is 34.1 Å². The van der Waals surface area contributed by atoms with Crippen molar-refractivity contribution in [1.29, 1.82) is 0 Å². The molecule has 0 heterocycles. The molecule has 1 aromatic carbocycles. The third kappa shape index (κ3) is 3.91. The molecular formula is C11H16BrNO2. The topological polar surface area (TPSA) is 52.5 Å². The molecule has 1 unspecified atom stereocenters. The van der Waals surface area contributed by atoms with Gasteiger partial charge < -0.3 is 15.5 Å². The normalized spacial score (nSPS) is 14.9. The quantitative estimate of drug-likeness (QED) is 0.761. The number of hydrogen-bond acceptors (Lipinski definition) is 3. The molecule has 0 aliphatic carbocycles. The number of aliphatic hydroxyl groups excluding tert-OH is 2. The zero-order valence-corrected chi connectivity index (χ0v) is 10.2. The number of aliphatic hydroxyl groups is 2. The van der Waals surface area contributed by atoms with Crippen LogP contribution < -0.4 is 5.32 Å². The van der Waals surface area contributed by atoms with Gasteiger partial charge in [-0.3, -0.25) is 0 Å². The van der Waals surface area contributed by atoms with Crippen LogP contribution in [0.2, 0.25) is 0 Å². The van der Waals surface area contributed by atoms with Crippen molar-refractivity contribution in [2.45, 2.75) is 19.1 Å². The molecule has 4 heteroatoms. The number of nitrogens with one attached hydrogen (secondary N) is 1. The predicted octanol–water partition coefficient (Wildman–Crippen LogP) is 1.45. The Morgan fingerprint density at radius 2 is 2.07 bits per heavy atom. The van der Waals surface area contributed by atoms with E-state index >= 15 is 0 Å². The molecule has 1 aromatic rings. The molecule has 15 heavy (non-hydrogen) atoms. The van der Waals surface area contributed by atoms with E-state index in [0.717, 1.165) is 10.0 Å². The molecule has 3 nitrogen and oxygen atoms in total. The van der Waals surface area contributed by atoms with Gasteiger partial charge in [0.2, 0.25) is 0 Å². The van der Waals surface area contributed by atoms with Crippen LogP contribution >= 0.6 is 15.9 Å². The first-order chi connectivity index (χ1) is 7.15. The van der Waals surface area contributed by atoms with E-state index in [4.69, 9.17) is 5.11 Å². The van der Waals surface area contributed by atoms with Gasteiger partial charge in [0.15, 0.2) is 0 Å². The van der Waals surface area contributed by atoms with Crippen LogP contribution in [0, 0.1) is 0 Å². The highest BCUT2D eigenvalue weighted by Crippen LogP contribution is 2.22. The van der Waals surface area contributed by atoms with Crippen molar-refractivity contribution in [1.82, 2.24) is 5.32 Å². The molecule has 2 atom stereocenters. The summed E-state index contributed by atoms with van der Waals surface area (Å²) >= 11 is 3.47. The highest BCUT2D eigenvalue weighted by molar-refractivity contribution is 9.10. The Morgan fingerprint density at radius 1 is 1.40 bits per heavy atom. The molecule has 0 aliphatic heterocycles. The Balaban J connectivity index is 2.54. The van der Waals surface area contributed by atoms with Crippen LogP contribution in [0.5, 0.6) is 0 Å².